The molecule has 1 unspecified atom stereocenters. The number of carbonyl (C=O) groups is 1. The van der Waals surface area contributed by atoms with Crippen molar-refractivity contribution < 1.29 is 18.7 Å². The number of methoxy groups -OCH3 is 2. The van der Waals surface area contributed by atoms with Crippen molar-refractivity contribution in [3.63, 3.8) is 0 Å². The van der Waals surface area contributed by atoms with E-state index in [4.69, 9.17) is 9.47 Å². The van der Waals surface area contributed by atoms with Crippen LogP contribution in [0.3, 0.4) is 0 Å². The van der Waals surface area contributed by atoms with E-state index in [0.29, 0.717) is 21.5 Å². The Hall–Kier alpha value is -2.08. The Labute approximate surface area is 142 Å². The number of carbonyl (C=O) groups excluding carboxylic acids is 1. The van der Waals surface area contributed by atoms with Crippen molar-refractivity contribution in [2.75, 3.05) is 14.2 Å². The van der Waals surface area contributed by atoms with E-state index in [2.05, 4.69) is 21.2 Å². The summed E-state index contributed by atoms with van der Waals surface area (Å²) in [6.45, 7) is 1.84. The molecule has 0 aliphatic heterocycles. The maximum atomic E-state index is 13.1. The van der Waals surface area contributed by atoms with Gasteiger partial charge in [-0.3, -0.25) is 4.79 Å². The van der Waals surface area contributed by atoms with Crippen molar-refractivity contribution in [2.24, 2.45) is 0 Å². The van der Waals surface area contributed by atoms with Gasteiger partial charge in [-0.15, -0.1) is 0 Å². The van der Waals surface area contributed by atoms with Crippen LogP contribution in [-0.2, 0) is 0 Å². The van der Waals surface area contributed by atoms with Crippen LogP contribution in [0.15, 0.2) is 40.9 Å². The number of halogens is 2. The largest absolute Gasteiger partial charge is 0.497 e. The van der Waals surface area contributed by atoms with Crippen LogP contribution >= 0.6 is 15.9 Å². The van der Waals surface area contributed by atoms with Crippen LogP contribution in [0.4, 0.5) is 4.39 Å². The molecule has 0 bridgehead atoms. The fraction of sp³-hybridized carbons (Fsp3) is 0.235. The van der Waals surface area contributed by atoms with Crippen LogP contribution in [0.25, 0.3) is 0 Å². The minimum Gasteiger partial charge on any atom is -0.497 e. The predicted molar refractivity (Wildman–Crippen MR) is 89.5 cm³/mol. The third-order valence-electron chi connectivity index (χ3n) is 3.43. The number of benzene rings is 2. The zero-order chi connectivity index (χ0) is 17.0. The summed E-state index contributed by atoms with van der Waals surface area (Å²) >= 11 is 3.20. The Kier molecular flexibility index (Phi) is 5.60. The van der Waals surface area contributed by atoms with Gasteiger partial charge in [-0.1, -0.05) is 0 Å². The monoisotopic (exact) mass is 381 g/mol. The molecule has 23 heavy (non-hydrogen) atoms. The van der Waals surface area contributed by atoms with Gasteiger partial charge >= 0.3 is 0 Å². The highest BCUT2D eigenvalue weighted by Crippen LogP contribution is 2.29. The van der Waals surface area contributed by atoms with Gasteiger partial charge in [0.15, 0.2) is 0 Å². The molecule has 0 saturated heterocycles. The molecule has 0 saturated carbocycles. The lowest BCUT2D eigenvalue weighted by molar-refractivity contribution is 0.0938. The van der Waals surface area contributed by atoms with Crippen LogP contribution in [0.2, 0.25) is 0 Å². The Morgan fingerprint density at radius 2 is 1.91 bits per heavy atom. The van der Waals surface area contributed by atoms with E-state index in [-0.39, 0.29) is 11.9 Å². The summed E-state index contributed by atoms with van der Waals surface area (Å²) in [5, 5.41) is 2.87. The second-order valence-electron chi connectivity index (χ2n) is 4.93. The summed E-state index contributed by atoms with van der Waals surface area (Å²) in [4.78, 5) is 12.4. The van der Waals surface area contributed by atoms with E-state index in [1.165, 1.54) is 18.2 Å². The zero-order valence-corrected chi connectivity index (χ0v) is 14.6. The topological polar surface area (TPSA) is 47.6 Å². The van der Waals surface area contributed by atoms with Crippen molar-refractivity contribution in [3.05, 3.63) is 57.8 Å². The third kappa shape index (κ3) is 4.01. The molecule has 0 aliphatic carbocycles. The maximum Gasteiger partial charge on any atom is 0.252 e. The number of nitrogens with one attached hydrogen (secondary N) is 1. The Bertz CT molecular complexity index is 721. The molecular weight excluding hydrogens is 365 g/mol. The van der Waals surface area contributed by atoms with Crippen LogP contribution in [0.5, 0.6) is 11.5 Å². The molecule has 0 spiro atoms. The molecule has 2 aromatic rings. The van der Waals surface area contributed by atoms with Crippen LogP contribution in [0.1, 0.15) is 28.9 Å². The molecule has 2 rings (SSSR count). The molecule has 0 radical (unpaired) electrons. The summed E-state index contributed by atoms with van der Waals surface area (Å²) in [7, 11) is 3.14. The molecule has 0 aromatic heterocycles. The van der Waals surface area contributed by atoms with E-state index in [1.807, 2.05) is 13.0 Å². The van der Waals surface area contributed by atoms with E-state index in [1.54, 1.807) is 26.4 Å². The second-order valence-corrected chi connectivity index (χ2v) is 5.78. The second kappa shape index (κ2) is 7.46. The maximum absolute atomic E-state index is 13.1. The summed E-state index contributed by atoms with van der Waals surface area (Å²) in [6, 6.07) is 9.00. The van der Waals surface area contributed by atoms with Crippen molar-refractivity contribution in [1.29, 1.82) is 0 Å². The first-order chi connectivity index (χ1) is 11.0. The van der Waals surface area contributed by atoms with Crippen LogP contribution in [-0.4, -0.2) is 20.1 Å². The normalized spacial score (nSPS) is 11.7. The van der Waals surface area contributed by atoms with E-state index < -0.39 is 5.82 Å². The van der Waals surface area contributed by atoms with Crippen molar-refractivity contribution in [3.8, 4) is 11.5 Å². The van der Waals surface area contributed by atoms with Crippen molar-refractivity contribution in [2.45, 2.75) is 13.0 Å². The highest BCUT2D eigenvalue weighted by atomic mass is 79.9. The first-order valence-electron chi connectivity index (χ1n) is 6.94. The zero-order valence-electron chi connectivity index (χ0n) is 13.0. The average molecular weight is 382 g/mol. The molecule has 2 aromatic carbocycles. The molecule has 0 fully saturated rings. The molecule has 1 amide bonds. The minimum absolute atomic E-state index is 0.311. The first kappa shape index (κ1) is 17.3. The molecule has 122 valence electrons. The van der Waals surface area contributed by atoms with Gasteiger partial charge in [0.1, 0.15) is 17.3 Å². The van der Waals surface area contributed by atoms with Crippen molar-refractivity contribution in [1.82, 2.24) is 5.32 Å². The van der Waals surface area contributed by atoms with Gasteiger partial charge in [0, 0.05) is 10.0 Å². The van der Waals surface area contributed by atoms with Gasteiger partial charge in [-0.25, -0.2) is 4.39 Å². The van der Waals surface area contributed by atoms with Crippen LogP contribution in [0, 0.1) is 5.82 Å². The highest BCUT2D eigenvalue weighted by molar-refractivity contribution is 9.10. The van der Waals surface area contributed by atoms with E-state index >= 15 is 0 Å². The standard InChI is InChI=1S/C17H17BrFNO3/c1-10(14-9-12(22-2)5-7-16(14)23-3)20-17(21)13-6-4-11(19)8-15(13)18/h4-10H,1-3H3,(H,20,21). The van der Waals surface area contributed by atoms with Crippen molar-refractivity contribution >= 4 is 21.8 Å². The molecule has 0 aliphatic rings. The van der Waals surface area contributed by atoms with E-state index in [0.717, 1.165) is 5.56 Å². The van der Waals surface area contributed by atoms with Gasteiger partial charge < -0.3 is 14.8 Å². The molecule has 1 atom stereocenters. The van der Waals surface area contributed by atoms with Crippen LogP contribution < -0.4 is 14.8 Å². The summed E-state index contributed by atoms with van der Waals surface area (Å²) < 4.78 is 24.1. The SMILES string of the molecule is COc1ccc(OC)c(C(C)NC(=O)c2ccc(F)cc2Br)c1. The smallest absolute Gasteiger partial charge is 0.252 e. The number of rotatable bonds is 5. The fourth-order valence-electron chi connectivity index (χ4n) is 2.20. The fourth-order valence-corrected chi connectivity index (χ4v) is 2.73. The Morgan fingerprint density at radius 1 is 1.17 bits per heavy atom. The lowest BCUT2D eigenvalue weighted by Crippen LogP contribution is -2.27. The number of amides is 1. The van der Waals surface area contributed by atoms with Gasteiger partial charge in [0.25, 0.3) is 5.91 Å². The minimum atomic E-state index is -0.407. The molecule has 4 nitrogen and oxygen atoms in total. The Balaban J connectivity index is 2.24. The first-order valence-corrected chi connectivity index (χ1v) is 7.73. The van der Waals surface area contributed by atoms with E-state index in [9.17, 15) is 9.18 Å². The van der Waals surface area contributed by atoms with Gasteiger partial charge in [0.05, 0.1) is 25.8 Å². The highest BCUT2D eigenvalue weighted by Gasteiger charge is 2.18. The predicted octanol–water partition coefficient (Wildman–Crippen LogP) is 4.10. The summed E-state index contributed by atoms with van der Waals surface area (Å²) in [5.74, 6) is 0.604. The van der Waals surface area contributed by atoms with Gasteiger partial charge in [0.2, 0.25) is 0 Å². The third-order valence-corrected chi connectivity index (χ3v) is 4.08. The molecule has 6 heteroatoms. The molecular formula is C17H17BrFNO3. The summed E-state index contributed by atoms with van der Waals surface area (Å²) in [5.41, 5.74) is 1.15. The molecule has 0 heterocycles. The average Bonchev–Trinajstić information content (AvgIpc) is 2.53. The molecule has 1 N–H and O–H groups in total. The number of hydrogen-bond donors (Lipinski definition) is 1. The lowest BCUT2D eigenvalue weighted by atomic mass is 10.1. The number of hydrogen-bond acceptors (Lipinski definition) is 3. The van der Waals surface area contributed by atoms with Gasteiger partial charge in [-0.2, -0.15) is 0 Å². The number of ether oxygens (including phenoxy) is 2. The Morgan fingerprint density at radius 3 is 2.52 bits per heavy atom. The quantitative estimate of drug-likeness (QED) is 0.847. The summed E-state index contributed by atoms with van der Waals surface area (Å²) in [6.07, 6.45) is 0. The van der Waals surface area contributed by atoms with Gasteiger partial charge in [-0.05, 0) is 59.3 Å². The lowest BCUT2D eigenvalue weighted by Gasteiger charge is -2.18.